The molecule has 9 N–H and O–H groups in total. The van der Waals surface area contributed by atoms with Crippen molar-refractivity contribution in [3.8, 4) is 23.0 Å². The molecule has 0 atom stereocenters. The van der Waals surface area contributed by atoms with Crippen LogP contribution in [0.15, 0.2) is 143 Å². The maximum atomic E-state index is 12.8. The van der Waals surface area contributed by atoms with Crippen molar-refractivity contribution in [3.05, 3.63) is 155 Å². The summed E-state index contributed by atoms with van der Waals surface area (Å²) in [4.78, 5) is 33.1. The number of carbonyl (C=O) groups is 3. The highest BCUT2D eigenvalue weighted by Crippen LogP contribution is 2.35. The van der Waals surface area contributed by atoms with Crippen LogP contribution >= 0.6 is 23.2 Å². The Balaban J connectivity index is 0.000000232. The zero-order chi connectivity index (χ0) is 44.3. The van der Waals surface area contributed by atoms with Crippen LogP contribution < -0.4 is 35.7 Å². The van der Waals surface area contributed by atoms with Gasteiger partial charge in [-0.05, 0) is 120 Å². The van der Waals surface area contributed by atoms with Crippen molar-refractivity contribution in [3.63, 3.8) is 0 Å². The molecule has 0 bridgehead atoms. The van der Waals surface area contributed by atoms with Gasteiger partial charge in [0.1, 0.15) is 11.5 Å². The number of ether oxygens (including phenoxy) is 2. The maximum absolute atomic E-state index is 12.8. The number of carbonyl (C=O) groups excluding carboxylic acids is 1. The van der Waals surface area contributed by atoms with E-state index in [1.165, 1.54) is 84.9 Å². The Bertz CT molecular complexity index is 2790. The maximum Gasteiger partial charge on any atom is 0.316 e. The Kier molecular flexibility index (Phi) is 14.7. The highest BCUT2D eigenvalue weighted by atomic mass is 35.5. The predicted octanol–water partition coefficient (Wildman–Crippen LogP) is 8.19. The van der Waals surface area contributed by atoms with Crippen molar-refractivity contribution in [1.29, 1.82) is 0 Å². The molecule has 0 fully saturated rings. The lowest BCUT2D eigenvalue weighted by atomic mass is 10.1. The third kappa shape index (κ3) is 13.5. The minimum absolute atomic E-state index is 0.0230. The molecule has 0 aliphatic carbocycles. The second-order valence-corrected chi connectivity index (χ2v) is 17.0. The molecular weight excluding hydrogens is 874 g/mol. The molecule has 6 aromatic rings. The first-order chi connectivity index (χ1) is 28.8. The molecule has 61 heavy (non-hydrogen) atoms. The number of hydrogen-bond acceptors (Lipinski definition) is 10. The zero-order valence-electron chi connectivity index (χ0n) is 31.4. The molecule has 0 radical (unpaired) electrons. The quantitative estimate of drug-likeness (QED) is 0.0481. The van der Waals surface area contributed by atoms with Crippen LogP contribution in [0.3, 0.4) is 0 Å². The second-order valence-electron chi connectivity index (χ2n) is 12.7. The van der Waals surface area contributed by atoms with Crippen LogP contribution in [0.4, 0.5) is 27.5 Å². The minimum atomic E-state index is -4.02. The smallest absolute Gasteiger partial charge is 0.316 e. The summed E-state index contributed by atoms with van der Waals surface area (Å²) < 4.78 is 67.5. The Morgan fingerprint density at radius 2 is 1.00 bits per heavy atom. The van der Waals surface area contributed by atoms with Gasteiger partial charge in [0.05, 0.1) is 34.0 Å². The van der Waals surface area contributed by atoms with E-state index in [2.05, 4.69) is 14.8 Å². The van der Waals surface area contributed by atoms with Crippen molar-refractivity contribution in [1.82, 2.24) is 0 Å². The number of halogens is 2. The first-order valence-electron chi connectivity index (χ1n) is 17.5. The number of carboxylic acids is 2. The van der Waals surface area contributed by atoms with Crippen LogP contribution in [0.2, 0.25) is 10.0 Å². The number of urea groups is 1. The van der Waals surface area contributed by atoms with Gasteiger partial charge in [-0.1, -0.05) is 47.5 Å². The van der Waals surface area contributed by atoms with Gasteiger partial charge >= 0.3 is 18.0 Å². The third-order valence-electron chi connectivity index (χ3n) is 7.95. The van der Waals surface area contributed by atoms with E-state index >= 15 is 0 Å². The van der Waals surface area contributed by atoms with Gasteiger partial charge < -0.3 is 36.5 Å². The molecule has 0 spiro atoms. The van der Waals surface area contributed by atoms with Crippen molar-refractivity contribution in [2.24, 2.45) is 5.73 Å². The molecule has 0 aromatic heterocycles. The lowest BCUT2D eigenvalue weighted by molar-refractivity contribution is -0.137. The van der Waals surface area contributed by atoms with Gasteiger partial charge in [-0.15, -0.1) is 0 Å². The number of hydrogen-bond donors (Lipinski definition) is 7. The number of sulfonamides is 2. The van der Waals surface area contributed by atoms with Gasteiger partial charge in [-0.25, -0.2) is 21.6 Å². The molecular formula is C41H35Cl2N5O11S2. The molecule has 0 heterocycles. The number of primary amides is 1. The fourth-order valence-corrected chi connectivity index (χ4v) is 7.69. The Morgan fingerprint density at radius 3 is 1.43 bits per heavy atom. The van der Waals surface area contributed by atoms with Crippen molar-refractivity contribution >= 4 is 84.0 Å². The topological polar surface area (TPSA) is 267 Å². The van der Waals surface area contributed by atoms with Gasteiger partial charge in [0.25, 0.3) is 20.0 Å². The number of anilines is 4. The summed E-state index contributed by atoms with van der Waals surface area (Å²) in [5.41, 5.74) is 12.7. The minimum Gasteiger partial charge on any atom is -0.481 e. The van der Waals surface area contributed by atoms with Gasteiger partial charge in [0.2, 0.25) is 0 Å². The highest BCUT2D eigenvalue weighted by Gasteiger charge is 2.20. The fraction of sp³-hybridized carbons (Fsp3) is 0.0488. The monoisotopic (exact) mass is 907 g/mol. The van der Waals surface area contributed by atoms with Gasteiger partial charge in [0, 0.05) is 21.4 Å². The number of nitrogens with one attached hydrogen (secondary N) is 3. The second kappa shape index (κ2) is 19.8. The van der Waals surface area contributed by atoms with Crippen LogP contribution in [0.1, 0.15) is 11.1 Å². The number of nitrogens with two attached hydrogens (primary N) is 2. The molecule has 0 aliphatic rings. The van der Waals surface area contributed by atoms with Crippen molar-refractivity contribution < 1.29 is 50.9 Å². The standard InChI is InChI=1S/C21H18ClN3O6S.C20H17ClN2O5S/c22-14-4-7-17(8-5-14)32(29,30)25-18-12-15(24-21(23)28)6-9-19(18)31-16-3-1-2-13(10-16)11-20(26)27;21-14-4-7-17(8-5-14)29(26,27)23-18-12-15(22)6-9-19(18)28-16-3-1-2-13(10-16)11-20(24)25/h1-10,12,25H,11H2,(H,26,27)(H3,23,24,28);1-10,12,23H,11,22H2,(H,24,25). The van der Waals surface area contributed by atoms with E-state index in [1.807, 2.05) is 0 Å². The molecule has 20 heteroatoms. The molecule has 16 nitrogen and oxygen atoms in total. The van der Waals surface area contributed by atoms with Crippen LogP contribution in [0.5, 0.6) is 23.0 Å². The third-order valence-corrected chi connectivity index (χ3v) is 11.2. The summed E-state index contributed by atoms with van der Waals surface area (Å²) in [6.45, 7) is 0. The molecule has 2 amide bonds. The normalized spacial score (nSPS) is 11.0. The first kappa shape index (κ1) is 45.1. The SMILES string of the molecule is NC(=O)Nc1ccc(Oc2cccc(CC(=O)O)c2)c(NS(=O)(=O)c2ccc(Cl)cc2)c1.Nc1ccc(Oc2cccc(CC(=O)O)c2)c(NS(=O)(=O)c2ccc(Cl)cc2)c1. The predicted molar refractivity (Wildman–Crippen MR) is 231 cm³/mol. The van der Waals surface area contributed by atoms with Crippen molar-refractivity contribution in [2.45, 2.75) is 22.6 Å². The van der Waals surface area contributed by atoms with E-state index in [-0.39, 0.29) is 51.2 Å². The molecule has 0 unspecified atom stereocenters. The van der Waals surface area contributed by atoms with E-state index in [0.717, 1.165) is 0 Å². The number of benzene rings is 6. The summed E-state index contributed by atoms with van der Waals surface area (Å²) >= 11 is 11.6. The van der Waals surface area contributed by atoms with Gasteiger partial charge in [0.15, 0.2) is 11.5 Å². The van der Waals surface area contributed by atoms with Crippen LogP contribution in [-0.2, 0) is 42.5 Å². The molecule has 0 saturated heterocycles. The van der Waals surface area contributed by atoms with Crippen molar-refractivity contribution in [2.75, 3.05) is 20.5 Å². The molecule has 6 rings (SSSR count). The van der Waals surface area contributed by atoms with E-state index < -0.39 is 38.0 Å². The largest absolute Gasteiger partial charge is 0.481 e. The average Bonchev–Trinajstić information content (AvgIpc) is 3.17. The van der Waals surface area contributed by atoms with Gasteiger partial charge in [-0.3, -0.25) is 19.0 Å². The van der Waals surface area contributed by atoms with Crippen LogP contribution in [0, 0.1) is 0 Å². The van der Waals surface area contributed by atoms with E-state index in [1.54, 1.807) is 48.5 Å². The number of amides is 2. The molecule has 316 valence electrons. The molecule has 6 aromatic carbocycles. The summed E-state index contributed by atoms with van der Waals surface area (Å²) in [7, 11) is -7.93. The number of rotatable bonds is 15. The zero-order valence-corrected chi connectivity index (χ0v) is 34.6. The average molecular weight is 909 g/mol. The van der Waals surface area contributed by atoms with Crippen LogP contribution in [-0.4, -0.2) is 45.0 Å². The van der Waals surface area contributed by atoms with Gasteiger partial charge in [-0.2, -0.15) is 0 Å². The van der Waals surface area contributed by atoms with E-state index in [4.69, 9.17) is 54.4 Å². The Hall–Kier alpha value is -6.99. The summed E-state index contributed by atoms with van der Waals surface area (Å²) in [6, 6.07) is 32.1. The Labute approximate surface area is 359 Å². The summed E-state index contributed by atoms with van der Waals surface area (Å²) in [5, 5.41) is 21.1. The lowest BCUT2D eigenvalue weighted by Crippen LogP contribution is -2.19. The summed E-state index contributed by atoms with van der Waals surface area (Å²) in [5.74, 6) is -0.979. The van der Waals surface area contributed by atoms with Crippen LogP contribution in [0.25, 0.3) is 0 Å². The molecule has 0 saturated carbocycles. The highest BCUT2D eigenvalue weighted by molar-refractivity contribution is 7.93. The number of nitrogen functional groups attached to an aromatic ring is 1. The molecule has 0 aliphatic heterocycles. The Morgan fingerprint density at radius 1 is 0.574 bits per heavy atom. The van der Waals surface area contributed by atoms with E-state index in [9.17, 15) is 31.2 Å². The number of aliphatic carboxylic acids is 2. The number of carboxylic acid groups (broad SMARTS) is 2. The first-order valence-corrected chi connectivity index (χ1v) is 21.2. The fourth-order valence-electron chi connectivity index (χ4n) is 5.31. The summed E-state index contributed by atoms with van der Waals surface area (Å²) in [6.07, 6.45) is -0.357. The van der Waals surface area contributed by atoms with E-state index in [0.29, 0.717) is 38.4 Å². The lowest BCUT2D eigenvalue weighted by Gasteiger charge is -2.15.